The summed E-state index contributed by atoms with van der Waals surface area (Å²) >= 11 is 7.88. The third-order valence-electron chi connectivity index (χ3n) is 9.05. The summed E-state index contributed by atoms with van der Waals surface area (Å²) in [5, 5.41) is 14.8. The number of aryl methyl sites for hydroxylation is 1. The second-order valence-electron chi connectivity index (χ2n) is 12.5. The Labute approximate surface area is 317 Å². The molecule has 14 heteroatoms. The topological polar surface area (TPSA) is 128 Å². The molecule has 11 nitrogen and oxygen atoms in total. The van der Waals surface area contributed by atoms with Gasteiger partial charge >= 0.3 is 11.9 Å². The molecule has 1 aliphatic heterocycles. The molecule has 0 fully saturated rings. The van der Waals surface area contributed by atoms with E-state index < -0.39 is 23.8 Å². The number of carboxylic acids is 1. The maximum absolute atomic E-state index is 14.0. The van der Waals surface area contributed by atoms with Gasteiger partial charge in [-0.2, -0.15) is 0 Å². The number of carbonyl (C=O) groups is 3. The Morgan fingerprint density at radius 2 is 1.74 bits per heavy atom. The first-order chi connectivity index (χ1) is 25.6. The molecule has 0 radical (unpaired) electrons. The molecule has 0 aliphatic carbocycles. The Kier molecular flexibility index (Phi) is 13.7. The van der Waals surface area contributed by atoms with Crippen molar-refractivity contribution < 1.29 is 28.6 Å². The van der Waals surface area contributed by atoms with Gasteiger partial charge in [-0.3, -0.25) is 19.5 Å². The summed E-state index contributed by atoms with van der Waals surface area (Å²) in [5.74, 6) is -1.44. The molecule has 278 valence electrons. The van der Waals surface area contributed by atoms with Gasteiger partial charge < -0.3 is 25.0 Å². The molecular formula is C39H42ClFN6O5S. The fourth-order valence-electron chi connectivity index (χ4n) is 5.96. The molecule has 5 rings (SSSR count). The molecule has 3 aromatic carbocycles. The third kappa shape index (κ3) is 10.3. The molecule has 1 aliphatic rings. The number of hydrogen-bond donors (Lipinski definition) is 2. The zero-order valence-corrected chi connectivity index (χ0v) is 31.4. The van der Waals surface area contributed by atoms with Gasteiger partial charge in [0.15, 0.2) is 10.8 Å². The summed E-state index contributed by atoms with van der Waals surface area (Å²) in [6.45, 7) is 5.01. The van der Waals surface area contributed by atoms with Crippen LogP contribution in [-0.4, -0.2) is 97.5 Å². The molecular weight excluding hydrogens is 719 g/mol. The smallest absolute Gasteiger partial charge is 0.338 e. The number of hydrogen-bond acceptors (Lipinski definition) is 10. The number of amidine groups is 1. The van der Waals surface area contributed by atoms with Crippen molar-refractivity contribution in [2.75, 3.05) is 58.3 Å². The number of nitrogens with zero attached hydrogens (tertiary/aromatic N) is 5. The van der Waals surface area contributed by atoms with Crippen LogP contribution in [0.5, 0.6) is 0 Å². The first-order valence-electron chi connectivity index (χ1n) is 17.1. The maximum Gasteiger partial charge on any atom is 0.338 e. The number of carbonyl (C=O) groups excluding carboxylic acids is 2. The number of rotatable bonds is 18. The molecule has 2 N–H and O–H groups in total. The van der Waals surface area contributed by atoms with Crippen LogP contribution in [-0.2, 0) is 25.5 Å². The van der Waals surface area contributed by atoms with E-state index in [1.165, 1.54) is 36.6 Å². The number of likely N-dealkylation sites (N-methyl/N-ethyl adjacent to an activating group) is 2. The summed E-state index contributed by atoms with van der Waals surface area (Å²) in [7, 11) is 3.28. The average Bonchev–Trinajstić information content (AvgIpc) is 3.72. The molecule has 0 unspecified atom stereocenters. The molecule has 1 atom stereocenters. The minimum Gasteiger partial charge on any atom is -0.481 e. The van der Waals surface area contributed by atoms with Gasteiger partial charge in [-0.25, -0.2) is 14.2 Å². The van der Waals surface area contributed by atoms with Crippen molar-refractivity contribution in [3.63, 3.8) is 0 Å². The lowest BCUT2D eigenvalue weighted by Gasteiger charge is -2.31. The normalized spacial score (nSPS) is 14.1. The Bertz CT molecular complexity index is 1940. The van der Waals surface area contributed by atoms with E-state index in [2.05, 4.69) is 20.1 Å². The lowest BCUT2D eigenvalue weighted by Crippen LogP contribution is -2.42. The van der Waals surface area contributed by atoms with E-state index in [0.717, 1.165) is 28.8 Å². The molecule has 0 spiro atoms. The van der Waals surface area contributed by atoms with Crippen LogP contribution in [0, 0.1) is 5.82 Å². The van der Waals surface area contributed by atoms with E-state index >= 15 is 0 Å². The summed E-state index contributed by atoms with van der Waals surface area (Å²) in [5.41, 5.74) is 5.36. The number of benzene rings is 3. The van der Waals surface area contributed by atoms with E-state index in [9.17, 15) is 18.8 Å². The van der Waals surface area contributed by atoms with Crippen molar-refractivity contribution in [3.05, 3.63) is 117 Å². The number of nitrogens with one attached hydrogen (secondary N) is 1. The monoisotopic (exact) mass is 760 g/mol. The van der Waals surface area contributed by atoms with Crippen molar-refractivity contribution in [1.29, 1.82) is 0 Å². The van der Waals surface area contributed by atoms with Gasteiger partial charge in [0.05, 0.1) is 12.7 Å². The zero-order valence-electron chi connectivity index (χ0n) is 29.8. The van der Waals surface area contributed by atoms with E-state index in [-0.39, 0.29) is 17.0 Å². The largest absolute Gasteiger partial charge is 0.481 e. The number of thiazole rings is 1. The summed E-state index contributed by atoms with van der Waals surface area (Å²) in [4.78, 5) is 51.5. The summed E-state index contributed by atoms with van der Waals surface area (Å²) in [6, 6.07) is 19.2. The Morgan fingerprint density at radius 1 is 1.04 bits per heavy atom. The number of amides is 1. The number of aliphatic carboxylic acids is 1. The molecule has 1 aromatic heterocycles. The van der Waals surface area contributed by atoms with Crippen LogP contribution in [0.1, 0.15) is 35.5 Å². The molecule has 0 saturated heterocycles. The van der Waals surface area contributed by atoms with Gasteiger partial charge in [0.25, 0.3) is 0 Å². The second-order valence-corrected chi connectivity index (χ2v) is 13.8. The number of anilines is 1. The van der Waals surface area contributed by atoms with Crippen molar-refractivity contribution in [1.82, 2.24) is 20.1 Å². The Morgan fingerprint density at radius 3 is 2.34 bits per heavy atom. The van der Waals surface area contributed by atoms with Gasteiger partial charge in [-0.15, -0.1) is 11.3 Å². The van der Waals surface area contributed by atoms with E-state index in [1.54, 1.807) is 11.1 Å². The highest BCUT2D eigenvalue weighted by molar-refractivity contribution is 7.11. The lowest BCUT2D eigenvalue weighted by molar-refractivity contribution is -0.137. The number of halogens is 2. The number of ether oxygens (including phenoxy) is 1. The number of esters is 1. The maximum atomic E-state index is 14.0. The summed E-state index contributed by atoms with van der Waals surface area (Å²) < 4.78 is 19.2. The van der Waals surface area contributed by atoms with Crippen molar-refractivity contribution in [2.24, 2.45) is 4.99 Å². The molecule has 1 amide bonds. The van der Waals surface area contributed by atoms with E-state index in [1.807, 2.05) is 67.9 Å². The minimum absolute atomic E-state index is 0.105. The standard InChI is InChI=1S/C39H42ClFN6O5S/c1-4-46(24-33-35(39(51)52-3)36(31-15-12-29(41)23-32(31)40)44-37(43-33)38-42-17-22-53-38)20-21-47(25-48)19-18-45(2)30-13-10-28(11-14-30)27-8-5-26(6-9-27)7-16-34(49)50/h5-6,8-15,17,22-23,25,36H,4,7,16,18-21,24H2,1-3H3,(H,43,44)(H,49,50)/t36-/m0/s1. The predicted octanol–water partition coefficient (Wildman–Crippen LogP) is 6.05. The molecule has 0 saturated carbocycles. The fourth-order valence-corrected chi connectivity index (χ4v) is 6.82. The zero-order chi connectivity index (χ0) is 37.9. The van der Waals surface area contributed by atoms with Crippen LogP contribution in [0.4, 0.5) is 10.1 Å². The van der Waals surface area contributed by atoms with Crippen LogP contribution in [0.3, 0.4) is 0 Å². The van der Waals surface area contributed by atoms with Gasteiger partial charge in [-0.05, 0) is 53.9 Å². The van der Waals surface area contributed by atoms with Crippen LogP contribution < -0.4 is 10.2 Å². The number of aliphatic imine (C=N–C) groups is 1. The molecule has 0 bridgehead atoms. The van der Waals surface area contributed by atoms with Crippen LogP contribution >= 0.6 is 22.9 Å². The fraction of sp³-hybridized carbons (Fsp3) is 0.308. The van der Waals surface area contributed by atoms with Crippen LogP contribution in [0.15, 0.2) is 94.6 Å². The highest BCUT2D eigenvalue weighted by Gasteiger charge is 2.34. The van der Waals surface area contributed by atoms with E-state index in [4.69, 9.17) is 26.4 Å². The quantitative estimate of drug-likeness (QED) is 0.0920. The van der Waals surface area contributed by atoms with E-state index in [0.29, 0.717) is 67.8 Å². The lowest BCUT2D eigenvalue weighted by atomic mass is 9.95. The highest BCUT2D eigenvalue weighted by atomic mass is 35.5. The minimum atomic E-state index is -0.864. The number of carboxylic acid groups (broad SMARTS) is 1. The predicted molar refractivity (Wildman–Crippen MR) is 206 cm³/mol. The van der Waals surface area contributed by atoms with Gasteiger partial charge in [-0.1, -0.05) is 61.0 Å². The molecule has 4 aromatic rings. The Hall–Kier alpha value is -5.11. The van der Waals surface area contributed by atoms with Gasteiger partial charge in [0.2, 0.25) is 6.41 Å². The molecule has 2 heterocycles. The second kappa shape index (κ2) is 18.6. The highest BCUT2D eigenvalue weighted by Crippen LogP contribution is 2.37. The SMILES string of the molecule is CCN(CCN(C=O)CCN(C)c1ccc(-c2ccc(CCC(=O)O)cc2)cc1)CC1=C(C(=O)OC)[C@H](c2ccc(F)cc2Cl)N=C(c2nccs2)N1. The summed E-state index contributed by atoms with van der Waals surface area (Å²) in [6.07, 6.45) is 3.12. The van der Waals surface area contributed by atoms with Crippen LogP contribution in [0.2, 0.25) is 5.02 Å². The third-order valence-corrected chi connectivity index (χ3v) is 10.2. The number of methoxy groups -OCH3 is 1. The van der Waals surface area contributed by atoms with Crippen molar-refractivity contribution in [3.8, 4) is 11.1 Å². The van der Waals surface area contributed by atoms with Gasteiger partial charge in [0, 0.05) is 79.7 Å². The number of aromatic nitrogens is 1. The Balaban J connectivity index is 1.23. The van der Waals surface area contributed by atoms with Crippen LogP contribution in [0.25, 0.3) is 11.1 Å². The average molecular weight is 761 g/mol. The first kappa shape index (κ1) is 39.1. The van der Waals surface area contributed by atoms with Crippen molar-refractivity contribution in [2.45, 2.75) is 25.8 Å². The van der Waals surface area contributed by atoms with Crippen molar-refractivity contribution >= 4 is 52.8 Å². The first-order valence-corrected chi connectivity index (χ1v) is 18.4. The van der Waals surface area contributed by atoms with Gasteiger partial charge in [0.1, 0.15) is 11.9 Å². The molecule has 53 heavy (non-hydrogen) atoms.